The molecule has 2 amide bonds. The number of ether oxygens (including phenoxy) is 1. The summed E-state index contributed by atoms with van der Waals surface area (Å²) in [6.07, 6.45) is 0.923. The highest BCUT2D eigenvalue weighted by atomic mass is 19.1. The second-order valence-corrected chi connectivity index (χ2v) is 6.30. The normalized spacial score (nSPS) is 11.4. The lowest BCUT2D eigenvalue weighted by molar-refractivity contribution is -0.146. The van der Waals surface area contributed by atoms with Crippen molar-refractivity contribution in [3.63, 3.8) is 0 Å². The topological polar surface area (TPSA) is 84.5 Å². The van der Waals surface area contributed by atoms with Crippen LogP contribution in [0.5, 0.6) is 0 Å². The Morgan fingerprint density at radius 2 is 1.86 bits per heavy atom. The van der Waals surface area contributed by atoms with Crippen LogP contribution in [0.4, 0.5) is 10.1 Å². The van der Waals surface area contributed by atoms with Gasteiger partial charge in [0.1, 0.15) is 12.4 Å². The number of amides is 2. The number of rotatable bonds is 8. The van der Waals surface area contributed by atoms with Crippen molar-refractivity contribution >= 4 is 23.5 Å². The number of hydrogen-bond acceptors (Lipinski definition) is 4. The fourth-order valence-electron chi connectivity index (χ4n) is 2.53. The Hall–Kier alpha value is -3.22. The third-order valence-electron chi connectivity index (χ3n) is 4.22. The predicted octanol–water partition coefficient (Wildman–Crippen LogP) is 3.25. The summed E-state index contributed by atoms with van der Waals surface area (Å²) in [6.45, 7) is 3.23. The Balaban J connectivity index is 1.80. The molecule has 2 N–H and O–H groups in total. The maximum absolute atomic E-state index is 13.1. The maximum Gasteiger partial charge on any atom is 0.325 e. The molecule has 0 spiro atoms. The quantitative estimate of drug-likeness (QED) is 0.682. The van der Waals surface area contributed by atoms with Crippen molar-refractivity contribution in [2.45, 2.75) is 26.2 Å². The third kappa shape index (κ3) is 6.19. The maximum atomic E-state index is 13.1. The first-order valence-corrected chi connectivity index (χ1v) is 8.98. The average Bonchev–Trinajstić information content (AvgIpc) is 2.70. The van der Waals surface area contributed by atoms with E-state index in [0.717, 1.165) is 18.1 Å². The number of carbonyl (C=O) groups is 3. The van der Waals surface area contributed by atoms with Crippen LogP contribution in [-0.4, -0.2) is 30.9 Å². The fourth-order valence-corrected chi connectivity index (χ4v) is 2.53. The van der Waals surface area contributed by atoms with Crippen molar-refractivity contribution in [3.8, 4) is 0 Å². The summed E-state index contributed by atoms with van der Waals surface area (Å²) in [5, 5.41) is 5.05. The molecule has 2 aromatic rings. The number of anilines is 1. The first-order valence-electron chi connectivity index (χ1n) is 8.98. The molecule has 0 aromatic heterocycles. The average molecular weight is 386 g/mol. The van der Waals surface area contributed by atoms with Crippen LogP contribution in [-0.2, 0) is 14.3 Å². The van der Waals surface area contributed by atoms with E-state index in [1.54, 1.807) is 6.07 Å². The van der Waals surface area contributed by atoms with E-state index in [9.17, 15) is 18.8 Å². The molecule has 2 rings (SSSR count). The number of hydrogen-bond donors (Lipinski definition) is 2. The van der Waals surface area contributed by atoms with Crippen molar-refractivity contribution in [1.29, 1.82) is 0 Å². The highest BCUT2D eigenvalue weighted by molar-refractivity contribution is 5.96. The van der Waals surface area contributed by atoms with Gasteiger partial charge in [0, 0.05) is 11.3 Å². The summed E-state index contributed by atoms with van der Waals surface area (Å²) < 4.78 is 18.0. The van der Waals surface area contributed by atoms with Gasteiger partial charge in [-0.15, -0.1) is 0 Å². The van der Waals surface area contributed by atoms with Crippen LogP contribution in [0.3, 0.4) is 0 Å². The summed E-state index contributed by atoms with van der Waals surface area (Å²) in [5.74, 6) is -2.12. The molecule has 0 radical (unpaired) electrons. The molecule has 1 atom stereocenters. The molecule has 6 nitrogen and oxygen atoms in total. The van der Waals surface area contributed by atoms with Crippen LogP contribution in [0, 0.1) is 5.82 Å². The smallest absolute Gasteiger partial charge is 0.325 e. The highest BCUT2D eigenvalue weighted by Crippen LogP contribution is 2.26. The minimum absolute atomic E-state index is 0.0900. The Morgan fingerprint density at radius 1 is 1.11 bits per heavy atom. The summed E-state index contributed by atoms with van der Waals surface area (Å²) >= 11 is 0. The standard InChI is InChI=1S/C21H23FN2O4/c1-3-14(2)17-9-4-5-10-18(17)24-19(25)13-28-20(26)12-23-21(27)15-7-6-8-16(22)11-15/h4-11,14H,3,12-13H2,1-2H3,(H,23,27)(H,24,25)/t14-/m0/s1. The fraction of sp³-hybridized carbons (Fsp3) is 0.286. The van der Waals surface area contributed by atoms with Crippen LogP contribution in [0.2, 0.25) is 0 Å². The monoisotopic (exact) mass is 386 g/mol. The van der Waals surface area contributed by atoms with E-state index in [2.05, 4.69) is 24.5 Å². The number of para-hydroxylation sites is 1. The second kappa shape index (κ2) is 10.2. The van der Waals surface area contributed by atoms with Gasteiger partial charge in [0.05, 0.1) is 0 Å². The first kappa shape index (κ1) is 21.1. The minimum Gasteiger partial charge on any atom is -0.454 e. The molecule has 0 bridgehead atoms. The number of benzene rings is 2. The zero-order valence-corrected chi connectivity index (χ0v) is 15.8. The molecule has 2 aromatic carbocycles. The molecular weight excluding hydrogens is 363 g/mol. The van der Waals surface area contributed by atoms with E-state index in [1.807, 2.05) is 18.2 Å². The van der Waals surface area contributed by atoms with Crippen molar-refractivity contribution in [3.05, 3.63) is 65.5 Å². The van der Waals surface area contributed by atoms with E-state index in [0.29, 0.717) is 5.69 Å². The van der Waals surface area contributed by atoms with E-state index < -0.39 is 36.8 Å². The van der Waals surface area contributed by atoms with E-state index in [-0.39, 0.29) is 11.5 Å². The molecule has 148 valence electrons. The van der Waals surface area contributed by atoms with Gasteiger partial charge in [0.2, 0.25) is 0 Å². The molecule has 0 saturated carbocycles. The molecule has 0 aliphatic heterocycles. The Bertz CT molecular complexity index is 854. The molecule has 0 unspecified atom stereocenters. The van der Waals surface area contributed by atoms with Gasteiger partial charge in [-0.05, 0) is 42.2 Å². The summed E-state index contributed by atoms with van der Waals surface area (Å²) in [4.78, 5) is 35.6. The zero-order valence-electron chi connectivity index (χ0n) is 15.8. The van der Waals surface area contributed by atoms with Gasteiger partial charge in [-0.25, -0.2) is 4.39 Å². The van der Waals surface area contributed by atoms with Gasteiger partial charge in [-0.2, -0.15) is 0 Å². The van der Waals surface area contributed by atoms with Crippen molar-refractivity contribution < 1.29 is 23.5 Å². The molecule has 0 saturated heterocycles. The zero-order chi connectivity index (χ0) is 20.5. The minimum atomic E-state index is -0.768. The van der Waals surface area contributed by atoms with Crippen molar-refractivity contribution in [2.24, 2.45) is 0 Å². The Labute approximate surface area is 163 Å². The first-order chi connectivity index (χ1) is 13.4. The van der Waals surface area contributed by atoms with Crippen LogP contribution in [0.1, 0.15) is 42.1 Å². The summed E-state index contributed by atoms with van der Waals surface area (Å²) in [7, 11) is 0. The van der Waals surface area contributed by atoms with Crippen LogP contribution >= 0.6 is 0 Å². The third-order valence-corrected chi connectivity index (χ3v) is 4.22. The SMILES string of the molecule is CC[C@H](C)c1ccccc1NC(=O)COC(=O)CNC(=O)c1cccc(F)c1. The molecular formula is C21H23FN2O4. The lowest BCUT2D eigenvalue weighted by atomic mass is 9.97. The van der Waals surface area contributed by atoms with Crippen molar-refractivity contribution in [2.75, 3.05) is 18.5 Å². The number of halogens is 1. The van der Waals surface area contributed by atoms with Crippen molar-refractivity contribution in [1.82, 2.24) is 5.32 Å². The van der Waals surface area contributed by atoms with E-state index >= 15 is 0 Å². The van der Waals surface area contributed by atoms with Gasteiger partial charge in [0.15, 0.2) is 6.61 Å². The molecule has 28 heavy (non-hydrogen) atoms. The number of nitrogens with one attached hydrogen (secondary N) is 2. The molecule has 0 aliphatic carbocycles. The molecule has 7 heteroatoms. The Morgan fingerprint density at radius 3 is 2.57 bits per heavy atom. The molecule has 0 fully saturated rings. The van der Waals surface area contributed by atoms with E-state index in [1.165, 1.54) is 18.2 Å². The second-order valence-electron chi connectivity index (χ2n) is 6.30. The summed E-state index contributed by atoms with van der Waals surface area (Å²) in [5.41, 5.74) is 1.77. The van der Waals surface area contributed by atoms with Crippen LogP contribution in [0.15, 0.2) is 48.5 Å². The van der Waals surface area contributed by atoms with Crippen LogP contribution in [0.25, 0.3) is 0 Å². The largest absolute Gasteiger partial charge is 0.454 e. The molecule has 0 heterocycles. The van der Waals surface area contributed by atoms with Gasteiger partial charge in [-0.3, -0.25) is 14.4 Å². The van der Waals surface area contributed by atoms with Crippen LogP contribution < -0.4 is 10.6 Å². The van der Waals surface area contributed by atoms with Gasteiger partial charge < -0.3 is 15.4 Å². The van der Waals surface area contributed by atoms with E-state index in [4.69, 9.17) is 4.74 Å². The highest BCUT2D eigenvalue weighted by Gasteiger charge is 2.14. The lowest BCUT2D eigenvalue weighted by Crippen LogP contribution is -2.32. The lowest BCUT2D eigenvalue weighted by Gasteiger charge is -2.15. The Kier molecular flexibility index (Phi) is 7.68. The van der Waals surface area contributed by atoms with Gasteiger partial charge in [-0.1, -0.05) is 38.1 Å². The molecule has 0 aliphatic rings. The summed E-state index contributed by atoms with van der Waals surface area (Å²) in [6, 6.07) is 12.5. The van der Waals surface area contributed by atoms with Gasteiger partial charge in [0.25, 0.3) is 11.8 Å². The van der Waals surface area contributed by atoms with Gasteiger partial charge >= 0.3 is 5.97 Å². The predicted molar refractivity (Wildman–Crippen MR) is 103 cm³/mol. The number of esters is 1. The number of carbonyl (C=O) groups excluding carboxylic acids is 3.